The number of hydrogen-bond donors (Lipinski definition) is 1. The van der Waals surface area contributed by atoms with Gasteiger partial charge in [-0.1, -0.05) is 12.8 Å². The van der Waals surface area contributed by atoms with E-state index in [4.69, 9.17) is 0 Å². The van der Waals surface area contributed by atoms with Crippen LogP contribution in [0.3, 0.4) is 0 Å². The average Bonchev–Trinajstić information content (AvgIpc) is 2.86. The molecule has 0 aliphatic heterocycles. The number of nitrogens with one attached hydrogen (secondary N) is 1. The molecule has 0 saturated heterocycles. The van der Waals surface area contributed by atoms with Gasteiger partial charge in [-0.15, -0.1) is 0 Å². The average molecular weight is 377 g/mol. The molecule has 0 radical (unpaired) electrons. The zero-order valence-corrected chi connectivity index (χ0v) is 14.0. The van der Waals surface area contributed by atoms with Crippen LogP contribution in [0.15, 0.2) is 0 Å². The van der Waals surface area contributed by atoms with Gasteiger partial charge in [0.15, 0.2) is 0 Å². The maximum atomic E-state index is 4.63. The van der Waals surface area contributed by atoms with Crippen LogP contribution in [0.5, 0.6) is 0 Å². The Labute approximate surface area is 127 Å². The smallest absolute Gasteiger partial charge is 0.143 e. The van der Waals surface area contributed by atoms with Crippen LogP contribution in [-0.2, 0) is 5.75 Å². The van der Waals surface area contributed by atoms with E-state index in [2.05, 4.69) is 51.7 Å². The highest BCUT2D eigenvalue weighted by Crippen LogP contribution is 2.31. The molecule has 0 atom stereocenters. The minimum Gasteiger partial charge on any atom is -0.369 e. The zero-order chi connectivity index (χ0) is 13.0. The molecule has 0 aromatic carbocycles. The van der Waals surface area contributed by atoms with E-state index in [1.54, 1.807) is 0 Å². The number of aromatic nitrogens is 2. The van der Waals surface area contributed by atoms with Crippen molar-refractivity contribution in [1.82, 2.24) is 9.97 Å². The monoisotopic (exact) mass is 377 g/mol. The molecular formula is C13H20IN3S. The molecule has 1 aliphatic carbocycles. The number of hydrogen-bond acceptors (Lipinski definition) is 4. The van der Waals surface area contributed by atoms with Gasteiger partial charge in [0.25, 0.3) is 0 Å². The van der Waals surface area contributed by atoms with E-state index in [1.807, 2.05) is 11.8 Å². The van der Waals surface area contributed by atoms with Crippen molar-refractivity contribution in [3.63, 3.8) is 0 Å². The van der Waals surface area contributed by atoms with Crippen molar-refractivity contribution in [2.45, 2.75) is 50.5 Å². The summed E-state index contributed by atoms with van der Waals surface area (Å²) in [7, 11) is 0. The summed E-state index contributed by atoms with van der Waals surface area (Å²) in [6, 6.07) is 0. The first-order valence-electron chi connectivity index (χ1n) is 6.59. The molecule has 2 rings (SSSR count). The molecule has 5 heteroatoms. The molecule has 1 N–H and O–H groups in total. The lowest BCUT2D eigenvalue weighted by Gasteiger charge is -2.11. The number of aryl methyl sites for hydroxylation is 1. The van der Waals surface area contributed by atoms with Gasteiger partial charge in [-0.05, 0) is 49.3 Å². The molecule has 0 spiro atoms. The highest BCUT2D eigenvalue weighted by Gasteiger charge is 2.16. The standard InChI is InChI=1S/C13H20IN3S/c1-3-15-13-12(14)9(2)16-11(17-13)8-18-10-6-4-5-7-10/h10H,3-8H2,1-2H3,(H,15,16,17). The molecule has 1 aromatic heterocycles. The first-order chi connectivity index (χ1) is 8.70. The summed E-state index contributed by atoms with van der Waals surface area (Å²) < 4.78 is 1.14. The summed E-state index contributed by atoms with van der Waals surface area (Å²) in [4.78, 5) is 9.23. The summed E-state index contributed by atoms with van der Waals surface area (Å²) in [6.07, 6.45) is 5.53. The van der Waals surface area contributed by atoms with Gasteiger partial charge < -0.3 is 5.32 Å². The van der Waals surface area contributed by atoms with Crippen LogP contribution in [0.2, 0.25) is 0 Å². The Hall–Kier alpha value is -0.0400. The number of anilines is 1. The van der Waals surface area contributed by atoms with Gasteiger partial charge in [0.2, 0.25) is 0 Å². The van der Waals surface area contributed by atoms with E-state index in [0.717, 1.165) is 38.5 Å². The minimum absolute atomic E-state index is 0.829. The topological polar surface area (TPSA) is 37.8 Å². The molecule has 1 aliphatic rings. The number of rotatable bonds is 5. The van der Waals surface area contributed by atoms with Crippen LogP contribution >= 0.6 is 34.4 Å². The molecule has 1 heterocycles. The van der Waals surface area contributed by atoms with Gasteiger partial charge in [0.05, 0.1) is 15.0 Å². The highest BCUT2D eigenvalue weighted by molar-refractivity contribution is 14.1. The van der Waals surface area contributed by atoms with E-state index in [-0.39, 0.29) is 0 Å². The van der Waals surface area contributed by atoms with Gasteiger partial charge in [-0.2, -0.15) is 11.8 Å². The van der Waals surface area contributed by atoms with E-state index in [0.29, 0.717) is 0 Å². The highest BCUT2D eigenvalue weighted by atomic mass is 127. The summed E-state index contributed by atoms with van der Waals surface area (Å²) in [5.41, 5.74) is 1.09. The van der Waals surface area contributed by atoms with E-state index in [1.165, 1.54) is 25.7 Å². The van der Waals surface area contributed by atoms with E-state index in [9.17, 15) is 0 Å². The fourth-order valence-corrected chi connectivity index (χ4v) is 3.83. The predicted molar refractivity (Wildman–Crippen MR) is 87.2 cm³/mol. The van der Waals surface area contributed by atoms with Crippen LogP contribution in [0.25, 0.3) is 0 Å². The Bertz CT molecular complexity index is 405. The summed E-state index contributed by atoms with van der Waals surface area (Å²) in [6.45, 7) is 5.07. The normalized spacial score (nSPS) is 16.2. The lowest BCUT2D eigenvalue weighted by Crippen LogP contribution is -2.08. The van der Waals surface area contributed by atoms with Crippen molar-refractivity contribution in [1.29, 1.82) is 0 Å². The lowest BCUT2D eigenvalue weighted by atomic mass is 10.4. The van der Waals surface area contributed by atoms with Gasteiger partial charge in [0, 0.05) is 11.8 Å². The zero-order valence-electron chi connectivity index (χ0n) is 11.0. The van der Waals surface area contributed by atoms with Crippen molar-refractivity contribution >= 4 is 40.2 Å². The molecule has 18 heavy (non-hydrogen) atoms. The fourth-order valence-electron chi connectivity index (χ4n) is 2.21. The maximum absolute atomic E-state index is 4.63. The number of halogens is 1. The second-order valence-electron chi connectivity index (χ2n) is 4.64. The number of nitrogens with zero attached hydrogens (tertiary/aromatic N) is 2. The van der Waals surface area contributed by atoms with Crippen molar-refractivity contribution in [2.75, 3.05) is 11.9 Å². The molecule has 1 aromatic rings. The van der Waals surface area contributed by atoms with Crippen LogP contribution in [0.1, 0.15) is 44.1 Å². The summed E-state index contributed by atoms with van der Waals surface area (Å²) >= 11 is 4.34. The second kappa shape index (κ2) is 6.93. The molecule has 0 unspecified atom stereocenters. The Morgan fingerprint density at radius 1 is 1.33 bits per heavy atom. The Morgan fingerprint density at radius 3 is 2.72 bits per heavy atom. The lowest BCUT2D eigenvalue weighted by molar-refractivity contribution is 0.886. The first-order valence-corrected chi connectivity index (χ1v) is 8.72. The summed E-state index contributed by atoms with van der Waals surface area (Å²) in [5.74, 6) is 2.91. The Kier molecular flexibility index (Phi) is 5.54. The van der Waals surface area contributed by atoms with Gasteiger partial charge in [-0.3, -0.25) is 0 Å². The molecule has 0 amide bonds. The third kappa shape index (κ3) is 3.73. The molecule has 1 saturated carbocycles. The molecule has 3 nitrogen and oxygen atoms in total. The van der Waals surface area contributed by atoms with Crippen LogP contribution < -0.4 is 5.32 Å². The molecule has 0 bridgehead atoms. The minimum atomic E-state index is 0.829. The summed E-state index contributed by atoms with van der Waals surface area (Å²) in [5, 5.41) is 4.15. The Balaban J connectivity index is 2.02. The number of thioether (sulfide) groups is 1. The van der Waals surface area contributed by atoms with Gasteiger partial charge in [-0.25, -0.2) is 9.97 Å². The molecule has 1 fully saturated rings. The fraction of sp³-hybridized carbons (Fsp3) is 0.692. The third-order valence-corrected chi connectivity index (χ3v) is 5.82. The quantitative estimate of drug-likeness (QED) is 0.788. The second-order valence-corrected chi connectivity index (χ2v) is 7.00. The van der Waals surface area contributed by atoms with Crippen LogP contribution in [0, 0.1) is 10.5 Å². The van der Waals surface area contributed by atoms with E-state index < -0.39 is 0 Å². The predicted octanol–water partition coefficient (Wildman–Crippen LogP) is 4.00. The van der Waals surface area contributed by atoms with Crippen molar-refractivity contribution < 1.29 is 0 Å². The molecular weight excluding hydrogens is 357 g/mol. The van der Waals surface area contributed by atoms with Crippen molar-refractivity contribution in [3.05, 3.63) is 15.1 Å². The maximum Gasteiger partial charge on any atom is 0.143 e. The van der Waals surface area contributed by atoms with Crippen LogP contribution in [0.4, 0.5) is 5.82 Å². The SMILES string of the molecule is CCNc1nc(CSC2CCCC2)nc(C)c1I. The third-order valence-electron chi connectivity index (χ3n) is 3.16. The van der Waals surface area contributed by atoms with Gasteiger partial charge in [0.1, 0.15) is 11.6 Å². The Morgan fingerprint density at radius 2 is 2.06 bits per heavy atom. The van der Waals surface area contributed by atoms with Crippen LogP contribution in [-0.4, -0.2) is 21.8 Å². The van der Waals surface area contributed by atoms with Crippen molar-refractivity contribution in [2.24, 2.45) is 0 Å². The largest absolute Gasteiger partial charge is 0.369 e. The van der Waals surface area contributed by atoms with Gasteiger partial charge >= 0.3 is 0 Å². The van der Waals surface area contributed by atoms with E-state index >= 15 is 0 Å². The van der Waals surface area contributed by atoms with Crippen molar-refractivity contribution in [3.8, 4) is 0 Å². The molecule has 100 valence electrons. The first kappa shape index (κ1) is 14.4.